The van der Waals surface area contributed by atoms with Crippen LogP contribution < -0.4 is 14.8 Å². The number of hydrogen-bond acceptors (Lipinski definition) is 6. The van der Waals surface area contributed by atoms with Crippen molar-refractivity contribution in [1.29, 1.82) is 0 Å². The van der Waals surface area contributed by atoms with Gasteiger partial charge in [-0.25, -0.2) is 0 Å². The van der Waals surface area contributed by atoms with E-state index < -0.39 is 0 Å². The summed E-state index contributed by atoms with van der Waals surface area (Å²) in [6.45, 7) is 4.63. The van der Waals surface area contributed by atoms with Gasteiger partial charge in [-0.3, -0.25) is 9.80 Å². The summed E-state index contributed by atoms with van der Waals surface area (Å²) in [6, 6.07) is 13.5. The molecule has 7 heteroatoms. The summed E-state index contributed by atoms with van der Waals surface area (Å²) in [7, 11) is 1.67. The Morgan fingerprint density at radius 3 is 2.51 bits per heavy atom. The average Bonchev–Trinajstić information content (AvgIpc) is 3.43. The molecule has 0 aromatic heterocycles. The van der Waals surface area contributed by atoms with Gasteiger partial charge in [0.1, 0.15) is 12.3 Å². The molecule has 0 spiro atoms. The van der Waals surface area contributed by atoms with Crippen LogP contribution in [-0.4, -0.2) is 42.2 Å². The van der Waals surface area contributed by atoms with Crippen molar-refractivity contribution in [2.24, 2.45) is 11.0 Å². The number of hydrazone groups is 1. The summed E-state index contributed by atoms with van der Waals surface area (Å²) in [4.78, 5) is 23.9. The average molecular weight is 506 g/mol. The Kier molecular flexibility index (Phi) is 9.20. The smallest absolute Gasteiger partial charge is 0.224 e. The molecule has 2 aliphatic rings. The van der Waals surface area contributed by atoms with Crippen LogP contribution in [0.15, 0.2) is 47.6 Å². The van der Waals surface area contributed by atoms with Gasteiger partial charge < -0.3 is 19.6 Å². The van der Waals surface area contributed by atoms with Gasteiger partial charge in [0, 0.05) is 23.6 Å². The number of rotatable bonds is 11. The van der Waals surface area contributed by atoms with Crippen LogP contribution in [0.25, 0.3) is 0 Å². The van der Waals surface area contributed by atoms with Gasteiger partial charge in [-0.15, -0.1) is 0 Å². The van der Waals surface area contributed by atoms with E-state index >= 15 is 0 Å². The van der Waals surface area contributed by atoms with Crippen LogP contribution in [0.3, 0.4) is 0 Å². The largest absolute Gasteiger partial charge is 0.493 e. The fourth-order valence-corrected chi connectivity index (χ4v) is 5.20. The molecule has 1 fully saturated rings. The number of nitrogens with zero attached hydrogens (tertiary/aromatic N) is 2. The lowest BCUT2D eigenvalue weighted by Gasteiger charge is -2.35. The lowest BCUT2D eigenvalue weighted by molar-refractivity contribution is -0.116. The molecule has 2 aromatic carbocycles. The van der Waals surface area contributed by atoms with Crippen LogP contribution in [0.2, 0.25) is 0 Å². The topological polar surface area (TPSA) is 80.2 Å². The van der Waals surface area contributed by atoms with Crippen LogP contribution in [0, 0.1) is 5.92 Å². The molecule has 0 radical (unpaired) electrons. The van der Waals surface area contributed by atoms with Crippen LogP contribution in [0.5, 0.6) is 11.5 Å². The van der Waals surface area contributed by atoms with Gasteiger partial charge in [-0.05, 0) is 80.8 Å². The number of amides is 1. The first kappa shape index (κ1) is 26.7. The summed E-state index contributed by atoms with van der Waals surface area (Å²) in [6.07, 6.45) is 8.71. The second-order valence-corrected chi connectivity index (χ2v) is 10.0. The molecule has 1 N–H and O–H groups in total. The van der Waals surface area contributed by atoms with Crippen LogP contribution in [0.1, 0.15) is 76.3 Å². The van der Waals surface area contributed by atoms with Gasteiger partial charge in [0.05, 0.1) is 25.5 Å². The number of ether oxygens (including phenoxy) is 2. The molecule has 0 bridgehead atoms. The minimum atomic E-state index is -0.287. The molecule has 1 amide bonds. The molecule has 1 saturated carbocycles. The lowest BCUT2D eigenvalue weighted by Crippen LogP contribution is -2.41. The van der Waals surface area contributed by atoms with E-state index in [1.807, 2.05) is 54.4 Å². The number of methoxy groups -OCH3 is 1. The van der Waals surface area contributed by atoms with E-state index in [4.69, 9.17) is 14.6 Å². The van der Waals surface area contributed by atoms with E-state index in [1.54, 1.807) is 7.11 Å². The zero-order valence-corrected chi connectivity index (χ0v) is 22.2. The summed E-state index contributed by atoms with van der Waals surface area (Å²) in [5, 5.41) is 9.84. The molecule has 2 aromatic rings. The van der Waals surface area contributed by atoms with Crippen molar-refractivity contribution in [1.82, 2.24) is 5.01 Å². The van der Waals surface area contributed by atoms with Gasteiger partial charge in [0.15, 0.2) is 11.5 Å². The Labute approximate surface area is 220 Å². The number of nitrogens with one attached hydrogen (secondary N) is 1. The number of aldehydes is 1. The minimum Gasteiger partial charge on any atom is -0.493 e. The SMILES string of the molecule is CCCC(=O)Nc1ccc(CN2N=C(c3ccc(OC)c(OC4CCCC4)c3)C(CC)CC2C=O)cc1. The lowest BCUT2D eigenvalue weighted by atomic mass is 9.87. The maximum atomic E-state index is 12.0. The molecule has 1 aliphatic heterocycles. The summed E-state index contributed by atoms with van der Waals surface area (Å²) < 4.78 is 11.9. The molecule has 1 heterocycles. The van der Waals surface area contributed by atoms with E-state index in [0.717, 1.165) is 72.4 Å². The molecular weight excluding hydrogens is 466 g/mol. The number of benzene rings is 2. The summed E-state index contributed by atoms with van der Waals surface area (Å²) in [5.74, 6) is 1.68. The minimum absolute atomic E-state index is 0.0166. The normalized spacial score (nSPS) is 19.9. The van der Waals surface area contributed by atoms with Crippen molar-refractivity contribution in [3.63, 3.8) is 0 Å². The third-order valence-corrected chi connectivity index (χ3v) is 7.30. The third kappa shape index (κ3) is 6.70. The predicted octanol–water partition coefficient (Wildman–Crippen LogP) is 5.96. The fraction of sp³-hybridized carbons (Fsp3) is 0.500. The van der Waals surface area contributed by atoms with E-state index in [-0.39, 0.29) is 24.0 Å². The number of hydrogen-bond donors (Lipinski definition) is 1. The Hall–Kier alpha value is -3.35. The molecule has 2 atom stereocenters. The highest BCUT2D eigenvalue weighted by atomic mass is 16.5. The van der Waals surface area contributed by atoms with E-state index in [9.17, 15) is 9.59 Å². The van der Waals surface area contributed by atoms with Gasteiger partial charge in [-0.1, -0.05) is 26.0 Å². The van der Waals surface area contributed by atoms with Crippen molar-refractivity contribution in [2.45, 2.75) is 83.9 Å². The molecule has 37 heavy (non-hydrogen) atoms. The monoisotopic (exact) mass is 505 g/mol. The second-order valence-electron chi connectivity index (χ2n) is 10.0. The summed E-state index contributed by atoms with van der Waals surface area (Å²) in [5.41, 5.74) is 3.78. The van der Waals surface area contributed by atoms with Crippen molar-refractivity contribution >= 4 is 23.6 Å². The van der Waals surface area contributed by atoms with Crippen molar-refractivity contribution in [3.05, 3.63) is 53.6 Å². The quantitative estimate of drug-likeness (QED) is 0.381. The van der Waals surface area contributed by atoms with Gasteiger partial charge >= 0.3 is 0 Å². The zero-order valence-electron chi connectivity index (χ0n) is 22.2. The molecule has 7 nitrogen and oxygen atoms in total. The van der Waals surface area contributed by atoms with E-state index in [2.05, 4.69) is 12.2 Å². The predicted molar refractivity (Wildman–Crippen MR) is 146 cm³/mol. The number of carbonyl (C=O) groups excluding carboxylic acids is 2. The van der Waals surface area contributed by atoms with Crippen LogP contribution in [-0.2, 0) is 16.1 Å². The van der Waals surface area contributed by atoms with Gasteiger partial charge in [0.2, 0.25) is 5.91 Å². The maximum Gasteiger partial charge on any atom is 0.224 e. The standard InChI is InChI=1S/C30H39N3O4/c1-4-8-29(35)31-24-14-11-21(12-15-24)19-33-25(20-34)17-22(5-2)30(32-33)23-13-16-27(36-3)28(18-23)37-26-9-6-7-10-26/h11-16,18,20,22,25-26H,4-10,17,19H2,1-3H3,(H,31,35). The van der Waals surface area contributed by atoms with Crippen LogP contribution in [0.4, 0.5) is 5.69 Å². The molecule has 2 unspecified atom stereocenters. The molecule has 1 aliphatic carbocycles. The highest BCUT2D eigenvalue weighted by Crippen LogP contribution is 2.35. The fourth-order valence-electron chi connectivity index (χ4n) is 5.20. The van der Waals surface area contributed by atoms with Crippen LogP contribution >= 0.6 is 0 Å². The molecule has 0 saturated heterocycles. The molecular formula is C30H39N3O4. The molecule has 198 valence electrons. The number of carbonyl (C=O) groups is 2. The molecule has 4 rings (SSSR count). The second kappa shape index (κ2) is 12.7. The number of anilines is 1. The van der Waals surface area contributed by atoms with Crippen molar-refractivity contribution < 1.29 is 19.1 Å². The maximum absolute atomic E-state index is 12.0. The Morgan fingerprint density at radius 1 is 1.11 bits per heavy atom. The van der Waals surface area contributed by atoms with Crippen molar-refractivity contribution in [3.8, 4) is 11.5 Å². The highest BCUT2D eigenvalue weighted by molar-refractivity contribution is 6.03. The van der Waals surface area contributed by atoms with Gasteiger partial charge in [0.25, 0.3) is 0 Å². The Morgan fingerprint density at radius 2 is 1.86 bits per heavy atom. The third-order valence-electron chi connectivity index (χ3n) is 7.30. The first-order chi connectivity index (χ1) is 18.0. The Bertz CT molecular complexity index is 1090. The van der Waals surface area contributed by atoms with E-state index in [0.29, 0.717) is 13.0 Å². The zero-order chi connectivity index (χ0) is 26.2. The first-order valence-corrected chi connectivity index (χ1v) is 13.6. The van der Waals surface area contributed by atoms with Crippen molar-refractivity contribution in [2.75, 3.05) is 12.4 Å². The Balaban J connectivity index is 1.57. The van der Waals surface area contributed by atoms with E-state index in [1.165, 1.54) is 12.8 Å². The highest BCUT2D eigenvalue weighted by Gasteiger charge is 2.31. The first-order valence-electron chi connectivity index (χ1n) is 13.6. The summed E-state index contributed by atoms with van der Waals surface area (Å²) >= 11 is 0. The van der Waals surface area contributed by atoms with Gasteiger partial charge in [-0.2, -0.15) is 5.10 Å².